The fraction of sp³-hybridized carbons (Fsp3) is 0.300. The highest BCUT2D eigenvalue weighted by molar-refractivity contribution is 9.09. The van der Waals surface area contributed by atoms with Gasteiger partial charge in [-0.15, -0.1) is 0 Å². The van der Waals surface area contributed by atoms with Crippen LogP contribution in [-0.2, 0) is 11.3 Å². The minimum absolute atomic E-state index is 0.0469. The lowest BCUT2D eigenvalue weighted by Crippen LogP contribution is -2.26. The Hall–Kier alpha value is -0.740. The van der Waals surface area contributed by atoms with E-state index in [2.05, 4.69) is 15.9 Å². The van der Waals surface area contributed by atoms with E-state index in [4.69, 9.17) is 11.6 Å². The highest BCUT2D eigenvalue weighted by Crippen LogP contribution is 2.22. The molecule has 3 nitrogen and oxygen atoms in total. The molecule has 0 unspecified atom stereocenters. The van der Waals surface area contributed by atoms with Crippen LogP contribution in [0.15, 0.2) is 18.2 Å². The maximum atomic E-state index is 11.3. The lowest BCUT2D eigenvalue weighted by atomic mass is 10.2. The molecule has 0 saturated heterocycles. The Morgan fingerprint density at radius 3 is 2.87 bits per heavy atom. The second-order valence-electron chi connectivity index (χ2n) is 3.16. The number of phenols is 1. The molecule has 0 saturated carbocycles. The van der Waals surface area contributed by atoms with Gasteiger partial charge in [-0.25, -0.2) is 0 Å². The number of rotatable bonds is 3. The van der Waals surface area contributed by atoms with Gasteiger partial charge in [0.1, 0.15) is 5.75 Å². The Morgan fingerprint density at radius 2 is 2.27 bits per heavy atom. The average molecular weight is 293 g/mol. The summed E-state index contributed by atoms with van der Waals surface area (Å²) in [5.74, 6) is 0.1000. The van der Waals surface area contributed by atoms with Crippen LogP contribution in [0.25, 0.3) is 0 Å². The number of halogens is 2. The highest BCUT2D eigenvalue weighted by atomic mass is 79.9. The maximum absolute atomic E-state index is 11.3. The van der Waals surface area contributed by atoms with Gasteiger partial charge in [0.25, 0.3) is 0 Å². The SMILES string of the molecule is CN(Cc1cc(Cl)ccc1O)C(=O)CBr. The van der Waals surface area contributed by atoms with Crippen LogP contribution in [0.2, 0.25) is 5.02 Å². The average Bonchev–Trinajstić information content (AvgIpc) is 2.22. The van der Waals surface area contributed by atoms with Gasteiger partial charge in [0, 0.05) is 24.2 Å². The van der Waals surface area contributed by atoms with Crippen molar-refractivity contribution in [1.29, 1.82) is 0 Å². The van der Waals surface area contributed by atoms with E-state index in [1.807, 2.05) is 0 Å². The van der Waals surface area contributed by atoms with E-state index in [-0.39, 0.29) is 17.0 Å². The first kappa shape index (κ1) is 12.3. The molecule has 0 aromatic heterocycles. The molecule has 0 atom stereocenters. The van der Waals surface area contributed by atoms with Gasteiger partial charge >= 0.3 is 0 Å². The number of alkyl halides is 1. The summed E-state index contributed by atoms with van der Waals surface area (Å²) in [6.07, 6.45) is 0. The van der Waals surface area contributed by atoms with Crippen molar-refractivity contribution in [1.82, 2.24) is 4.90 Å². The first-order chi connectivity index (χ1) is 7.04. The normalized spacial score (nSPS) is 10.1. The number of carbonyl (C=O) groups excluding carboxylic acids is 1. The van der Waals surface area contributed by atoms with Crippen molar-refractivity contribution in [2.24, 2.45) is 0 Å². The molecule has 0 fully saturated rings. The lowest BCUT2D eigenvalue weighted by molar-refractivity contribution is -0.127. The minimum atomic E-state index is -0.0469. The molecule has 0 aliphatic carbocycles. The van der Waals surface area contributed by atoms with E-state index in [0.717, 1.165) is 0 Å². The zero-order chi connectivity index (χ0) is 11.4. The fourth-order valence-electron chi connectivity index (χ4n) is 1.13. The van der Waals surface area contributed by atoms with E-state index >= 15 is 0 Å². The third kappa shape index (κ3) is 3.39. The van der Waals surface area contributed by atoms with Gasteiger partial charge in [0.05, 0.1) is 5.33 Å². The molecule has 15 heavy (non-hydrogen) atoms. The third-order valence-corrected chi connectivity index (χ3v) is 2.70. The topological polar surface area (TPSA) is 40.5 Å². The number of hydrogen-bond donors (Lipinski definition) is 1. The van der Waals surface area contributed by atoms with Gasteiger partial charge in [0.2, 0.25) is 5.91 Å². The summed E-state index contributed by atoms with van der Waals surface area (Å²) in [7, 11) is 1.67. The Morgan fingerprint density at radius 1 is 1.60 bits per heavy atom. The highest BCUT2D eigenvalue weighted by Gasteiger charge is 2.10. The molecule has 0 aliphatic rings. The number of nitrogens with zero attached hydrogens (tertiary/aromatic N) is 1. The number of benzene rings is 1. The van der Waals surface area contributed by atoms with Crippen molar-refractivity contribution < 1.29 is 9.90 Å². The molecule has 0 bridgehead atoms. The van der Waals surface area contributed by atoms with Gasteiger partial charge in [-0.2, -0.15) is 0 Å². The minimum Gasteiger partial charge on any atom is -0.508 e. The molecule has 1 aromatic rings. The largest absolute Gasteiger partial charge is 0.508 e. The lowest BCUT2D eigenvalue weighted by Gasteiger charge is -2.16. The zero-order valence-electron chi connectivity index (χ0n) is 8.20. The van der Waals surface area contributed by atoms with Crippen LogP contribution in [0.4, 0.5) is 0 Å². The maximum Gasteiger partial charge on any atom is 0.233 e. The van der Waals surface area contributed by atoms with Crippen LogP contribution in [0.5, 0.6) is 5.75 Å². The molecule has 5 heteroatoms. The van der Waals surface area contributed by atoms with Crippen LogP contribution in [0, 0.1) is 0 Å². The van der Waals surface area contributed by atoms with E-state index < -0.39 is 0 Å². The Labute approximate surface area is 102 Å². The third-order valence-electron chi connectivity index (χ3n) is 1.99. The summed E-state index contributed by atoms with van der Waals surface area (Å²) in [6, 6.07) is 4.77. The summed E-state index contributed by atoms with van der Waals surface area (Å²) >= 11 is 8.87. The van der Waals surface area contributed by atoms with Gasteiger partial charge in [-0.1, -0.05) is 27.5 Å². The Bertz CT molecular complexity index is 370. The number of carbonyl (C=O) groups is 1. The monoisotopic (exact) mass is 291 g/mol. The first-order valence-corrected chi connectivity index (χ1v) is 5.82. The van der Waals surface area contributed by atoms with Crippen LogP contribution in [-0.4, -0.2) is 28.3 Å². The fourth-order valence-corrected chi connectivity index (χ4v) is 1.75. The zero-order valence-corrected chi connectivity index (χ0v) is 10.5. The summed E-state index contributed by atoms with van der Waals surface area (Å²) in [4.78, 5) is 12.8. The Kier molecular flexibility index (Phi) is 4.42. The molecule has 0 radical (unpaired) electrons. The second-order valence-corrected chi connectivity index (χ2v) is 4.15. The molecule has 1 aromatic carbocycles. The molecule has 82 valence electrons. The van der Waals surface area contributed by atoms with Crippen LogP contribution in [0.1, 0.15) is 5.56 Å². The summed E-state index contributed by atoms with van der Waals surface area (Å²) in [5, 5.41) is 10.3. The van der Waals surface area contributed by atoms with Crippen LogP contribution >= 0.6 is 27.5 Å². The van der Waals surface area contributed by atoms with Crippen LogP contribution < -0.4 is 0 Å². The number of hydrogen-bond acceptors (Lipinski definition) is 2. The predicted octanol–water partition coefficient (Wildman–Crippen LogP) is 2.40. The predicted molar refractivity (Wildman–Crippen MR) is 63.4 cm³/mol. The molecule has 1 amide bonds. The standard InChI is InChI=1S/C10H11BrClNO2/c1-13(10(15)5-11)6-7-4-8(12)2-3-9(7)14/h2-4,14H,5-6H2,1H3. The quantitative estimate of drug-likeness (QED) is 0.869. The first-order valence-electron chi connectivity index (χ1n) is 4.32. The molecule has 0 heterocycles. The molecule has 0 aliphatic heterocycles. The Balaban J connectivity index is 2.80. The smallest absolute Gasteiger partial charge is 0.233 e. The van der Waals surface area contributed by atoms with E-state index in [9.17, 15) is 9.90 Å². The van der Waals surface area contributed by atoms with Crippen molar-refractivity contribution in [3.63, 3.8) is 0 Å². The second kappa shape index (κ2) is 5.37. The van der Waals surface area contributed by atoms with E-state index in [1.54, 1.807) is 19.2 Å². The van der Waals surface area contributed by atoms with Crippen molar-refractivity contribution >= 4 is 33.4 Å². The van der Waals surface area contributed by atoms with Crippen molar-refractivity contribution in [2.75, 3.05) is 12.4 Å². The van der Waals surface area contributed by atoms with Gasteiger partial charge < -0.3 is 10.0 Å². The van der Waals surface area contributed by atoms with Crippen LogP contribution in [0.3, 0.4) is 0 Å². The number of amides is 1. The molecular weight excluding hydrogens is 281 g/mol. The van der Waals surface area contributed by atoms with Crippen molar-refractivity contribution in [3.8, 4) is 5.75 Å². The number of aromatic hydroxyl groups is 1. The van der Waals surface area contributed by atoms with Crippen molar-refractivity contribution in [3.05, 3.63) is 28.8 Å². The molecular formula is C10H11BrClNO2. The van der Waals surface area contributed by atoms with Gasteiger partial charge in [-0.05, 0) is 18.2 Å². The molecule has 1 rings (SSSR count). The molecule has 0 spiro atoms. The van der Waals surface area contributed by atoms with Gasteiger partial charge in [-0.3, -0.25) is 4.79 Å². The molecule has 1 N–H and O–H groups in total. The summed E-state index contributed by atoms with van der Waals surface area (Å²) < 4.78 is 0. The summed E-state index contributed by atoms with van der Waals surface area (Å²) in [6.45, 7) is 0.344. The van der Waals surface area contributed by atoms with Crippen molar-refractivity contribution in [2.45, 2.75) is 6.54 Å². The summed E-state index contributed by atoms with van der Waals surface area (Å²) in [5.41, 5.74) is 0.638. The number of phenolic OH excluding ortho intramolecular Hbond substituents is 1. The van der Waals surface area contributed by atoms with Gasteiger partial charge in [0.15, 0.2) is 0 Å². The van der Waals surface area contributed by atoms with E-state index in [0.29, 0.717) is 17.1 Å². The van der Waals surface area contributed by atoms with E-state index in [1.165, 1.54) is 11.0 Å².